The van der Waals surface area contributed by atoms with E-state index in [2.05, 4.69) is 15.4 Å². The summed E-state index contributed by atoms with van der Waals surface area (Å²) in [4.78, 5) is 29.2. The van der Waals surface area contributed by atoms with Gasteiger partial charge in [-0.05, 0) is 51.2 Å². The lowest BCUT2D eigenvalue weighted by atomic mass is 9.91. The van der Waals surface area contributed by atoms with Crippen molar-refractivity contribution in [2.45, 2.75) is 45.2 Å². The summed E-state index contributed by atoms with van der Waals surface area (Å²) in [5.74, 6) is 0.0971. The average Bonchev–Trinajstić information content (AvgIpc) is 2.98. The molecule has 1 amide bonds. The smallest absolute Gasteiger partial charge is 0.329 e. The summed E-state index contributed by atoms with van der Waals surface area (Å²) >= 11 is 1.71. The monoisotopic (exact) mass is 362 g/mol. The highest BCUT2D eigenvalue weighted by Gasteiger charge is 2.41. The van der Waals surface area contributed by atoms with Crippen molar-refractivity contribution in [3.05, 3.63) is 23.5 Å². The molecule has 0 unspecified atom stereocenters. The quantitative estimate of drug-likeness (QED) is 0.867. The molecule has 0 aliphatic carbocycles. The van der Waals surface area contributed by atoms with Gasteiger partial charge in [-0.15, -0.1) is 0 Å². The molecular formula is C17H22N4O3S. The fourth-order valence-corrected chi connectivity index (χ4v) is 4.30. The molecule has 134 valence electrons. The molecule has 7 nitrogen and oxygen atoms in total. The van der Waals surface area contributed by atoms with Crippen LogP contribution < -0.4 is 5.32 Å². The zero-order valence-corrected chi connectivity index (χ0v) is 15.4. The number of aryl methyl sites for hydroxylation is 1. The minimum atomic E-state index is -1.19. The van der Waals surface area contributed by atoms with Gasteiger partial charge >= 0.3 is 5.97 Å². The number of carbonyl (C=O) groups excluding carboxylic acids is 1. The predicted octanol–water partition coefficient (Wildman–Crippen LogP) is 2.40. The second kappa shape index (κ2) is 6.67. The molecule has 1 aliphatic rings. The standard InChI is InChI=1S/C17H22N4O3S/c1-10(2)21-14-13(9-18-21)12(8-11(3)19-14)15(22)20-17(16(23)24)4-6-25-7-5-17/h8-10H,4-7H2,1-3H3,(H,20,22)(H,23,24). The lowest BCUT2D eigenvalue weighted by Gasteiger charge is -2.33. The van der Waals surface area contributed by atoms with Gasteiger partial charge < -0.3 is 10.4 Å². The Morgan fingerprint density at radius 3 is 2.64 bits per heavy atom. The Hall–Kier alpha value is -2.09. The molecule has 8 heteroatoms. The van der Waals surface area contributed by atoms with E-state index in [1.165, 1.54) is 0 Å². The minimum absolute atomic E-state index is 0.114. The van der Waals surface area contributed by atoms with Gasteiger partial charge in [-0.2, -0.15) is 16.9 Å². The molecule has 0 atom stereocenters. The van der Waals surface area contributed by atoms with Gasteiger partial charge in [-0.1, -0.05) is 0 Å². The predicted molar refractivity (Wildman–Crippen MR) is 97.0 cm³/mol. The minimum Gasteiger partial charge on any atom is -0.480 e. The zero-order chi connectivity index (χ0) is 18.2. The highest BCUT2D eigenvalue weighted by molar-refractivity contribution is 7.99. The van der Waals surface area contributed by atoms with Crippen molar-refractivity contribution in [2.24, 2.45) is 0 Å². The highest BCUT2D eigenvalue weighted by atomic mass is 32.2. The van der Waals surface area contributed by atoms with Crippen LogP contribution in [0.2, 0.25) is 0 Å². The van der Waals surface area contributed by atoms with Crippen molar-refractivity contribution in [2.75, 3.05) is 11.5 Å². The maximum atomic E-state index is 12.9. The number of carboxylic acids is 1. The average molecular weight is 362 g/mol. The number of fused-ring (bicyclic) bond motifs is 1. The number of nitrogens with one attached hydrogen (secondary N) is 1. The van der Waals surface area contributed by atoms with Crippen LogP contribution in [0.25, 0.3) is 11.0 Å². The lowest BCUT2D eigenvalue weighted by molar-refractivity contribution is -0.144. The molecule has 1 aliphatic heterocycles. The van der Waals surface area contributed by atoms with E-state index in [0.717, 1.165) is 11.5 Å². The summed E-state index contributed by atoms with van der Waals surface area (Å²) in [6, 6.07) is 1.81. The topological polar surface area (TPSA) is 97.1 Å². The maximum Gasteiger partial charge on any atom is 0.329 e. The molecule has 0 bridgehead atoms. The SMILES string of the molecule is Cc1cc(C(=O)NC2(C(=O)O)CCSCC2)c2cnn(C(C)C)c2n1. The number of aromatic nitrogens is 3. The van der Waals surface area contributed by atoms with Crippen molar-refractivity contribution in [3.63, 3.8) is 0 Å². The molecule has 1 saturated heterocycles. The van der Waals surface area contributed by atoms with E-state index >= 15 is 0 Å². The Morgan fingerprint density at radius 1 is 1.36 bits per heavy atom. The number of carbonyl (C=O) groups is 2. The number of hydrogen-bond acceptors (Lipinski definition) is 5. The Labute approximate surface area is 150 Å². The first kappa shape index (κ1) is 17.7. The van der Waals surface area contributed by atoms with Crippen LogP contribution >= 0.6 is 11.8 Å². The first-order chi connectivity index (χ1) is 11.8. The third-order valence-corrected chi connectivity index (χ3v) is 5.52. The fourth-order valence-electron chi connectivity index (χ4n) is 3.11. The van der Waals surface area contributed by atoms with E-state index in [1.807, 2.05) is 20.8 Å². The number of carboxylic acid groups (broad SMARTS) is 1. The summed E-state index contributed by atoms with van der Waals surface area (Å²) in [5.41, 5.74) is 0.570. The molecule has 0 aromatic carbocycles. The van der Waals surface area contributed by atoms with Crippen molar-refractivity contribution >= 4 is 34.7 Å². The van der Waals surface area contributed by atoms with Crippen molar-refractivity contribution in [1.82, 2.24) is 20.1 Å². The van der Waals surface area contributed by atoms with Crippen LogP contribution in [0.1, 0.15) is 48.8 Å². The molecule has 0 spiro atoms. The Morgan fingerprint density at radius 2 is 2.04 bits per heavy atom. The molecule has 3 rings (SSSR count). The van der Waals surface area contributed by atoms with E-state index < -0.39 is 11.5 Å². The van der Waals surface area contributed by atoms with Gasteiger partial charge in [0, 0.05) is 11.7 Å². The highest BCUT2D eigenvalue weighted by Crippen LogP contribution is 2.29. The summed E-state index contributed by atoms with van der Waals surface area (Å²) < 4.78 is 1.77. The largest absolute Gasteiger partial charge is 0.480 e. The van der Waals surface area contributed by atoms with Crippen LogP contribution in [-0.4, -0.2) is 48.8 Å². The van der Waals surface area contributed by atoms with Crippen LogP contribution in [-0.2, 0) is 4.79 Å². The van der Waals surface area contributed by atoms with Gasteiger partial charge in [0.2, 0.25) is 0 Å². The molecule has 2 aromatic heterocycles. The number of hydrogen-bond donors (Lipinski definition) is 2. The molecule has 25 heavy (non-hydrogen) atoms. The van der Waals surface area contributed by atoms with Crippen LogP contribution in [0.4, 0.5) is 0 Å². The van der Waals surface area contributed by atoms with Gasteiger partial charge in [0.15, 0.2) is 5.65 Å². The van der Waals surface area contributed by atoms with E-state index in [1.54, 1.807) is 28.7 Å². The first-order valence-electron chi connectivity index (χ1n) is 8.32. The number of pyridine rings is 1. The van der Waals surface area contributed by atoms with E-state index in [4.69, 9.17) is 0 Å². The third kappa shape index (κ3) is 3.22. The van der Waals surface area contributed by atoms with Gasteiger partial charge in [-0.3, -0.25) is 4.79 Å². The maximum absolute atomic E-state index is 12.9. The molecule has 2 N–H and O–H groups in total. The molecule has 2 aromatic rings. The summed E-state index contributed by atoms with van der Waals surface area (Å²) in [6.45, 7) is 5.81. The van der Waals surface area contributed by atoms with Crippen LogP contribution in [0.5, 0.6) is 0 Å². The normalized spacial score (nSPS) is 17.0. The van der Waals surface area contributed by atoms with Crippen molar-refractivity contribution in [1.29, 1.82) is 0 Å². The Kier molecular flexibility index (Phi) is 4.73. The molecule has 1 fully saturated rings. The van der Waals surface area contributed by atoms with Gasteiger partial charge in [0.25, 0.3) is 5.91 Å². The number of rotatable bonds is 4. The summed E-state index contributed by atoms with van der Waals surface area (Å²) in [5, 5.41) is 17.4. The van der Waals surface area contributed by atoms with Crippen LogP contribution in [0.15, 0.2) is 12.3 Å². The summed E-state index contributed by atoms with van der Waals surface area (Å²) in [6.07, 6.45) is 2.48. The van der Waals surface area contributed by atoms with Crippen molar-refractivity contribution < 1.29 is 14.7 Å². The lowest BCUT2D eigenvalue weighted by Crippen LogP contribution is -2.56. The van der Waals surface area contributed by atoms with Gasteiger partial charge in [0.1, 0.15) is 5.54 Å². The first-order valence-corrected chi connectivity index (χ1v) is 9.48. The van der Waals surface area contributed by atoms with E-state index in [-0.39, 0.29) is 11.9 Å². The third-order valence-electron chi connectivity index (χ3n) is 4.54. The van der Waals surface area contributed by atoms with Crippen molar-refractivity contribution in [3.8, 4) is 0 Å². The van der Waals surface area contributed by atoms with Gasteiger partial charge in [-0.25, -0.2) is 14.5 Å². The van der Waals surface area contributed by atoms with Crippen LogP contribution in [0, 0.1) is 6.92 Å². The number of nitrogens with zero attached hydrogens (tertiary/aromatic N) is 3. The van der Waals surface area contributed by atoms with E-state index in [0.29, 0.717) is 35.1 Å². The molecule has 0 radical (unpaired) electrons. The fraction of sp³-hybridized carbons (Fsp3) is 0.529. The summed E-state index contributed by atoms with van der Waals surface area (Å²) in [7, 11) is 0. The number of amides is 1. The number of thioether (sulfide) groups is 1. The van der Waals surface area contributed by atoms with E-state index in [9.17, 15) is 14.7 Å². The Bertz CT molecular complexity index is 825. The van der Waals surface area contributed by atoms with Gasteiger partial charge in [0.05, 0.1) is 17.1 Å². The molecule has 0 saturated carbocycles. The second-order valence-corrected chi connectivity index (χ2v) is 7.91. The van der Waals surface area contributed by atoms with Crippen LogP contribution in [0.3, 0.4) is 0 Å². The second-order valence-electron chi connectivity index (χ2n) is 6.69. The Balaban J connectivity index is 2.01. The zero-order valence-electron chi connectivity index (χ0n) is 14.6. The molecule has 3 heterocycles. The molecular weight excluding hydrogens is 340 g/mol. The number of aliphatic carboxylic acids is 1.